The van der Waals surface area contributed by atoms with Crippen LogP contribution in [0.25, 0.3) is 44.6 Å². The average molecular weight is 858 g/mol. The van der Waals surface area contributed by atoms with Crippen LogP contribution in [0, 0.1) is 23.5 Å². The number of fused-ring (bicyclic) bond motifs is 3. The zero-order valence-electron chi connectivity index (χ0n) is 31.0. The molecule has 0 spiro atoms. The molecule has 2 aromatic carbocycles. The quantitative estimate of drug-likeness (QED) is 0.119. The van der Waals surface area contributed by atoms with Gasteiger partial charge in [-0.15, -0.1) is 54.1 Å². The predicted octanol–water partition coefficient (Wildman–Crippen LogP) is 11.4. The molecular formula is C44H51IrN3OSi-2. The number of furan rings is 1. The van der Waals surface area contributed by atoms with E-state index in [9.17, 15) is 0 Å². The normalized spacial score (nSPS) is 13.8. The van der Waals surface area contributed by atoms with Gasteiger partial charge >= 0.3 is 0 Å². The van der Waals surface area contributed by atoms with Gasteiger partial charge in [-0.05, 0) is 64.9 Å². The van der Waals surface area contributed by atoms with Gasteiger partial charge in [-0.25, -0.2) is 4.98 Å². The Bertz CT molecular complexity index is 2030. The molecule has 1 aliphatic rings. The second-order valence-corrected chi connectivity index (χ2v) is 21.4. The summed E-state index contributed by atoms with van der Waals surface area (Å²) in [5.74, 6) is 1.23. The first kappa shape index (κ1) is 37.8. The minimum Gasteiger partial charge on any atom is -0.486 e. The molecule has 1 fully saturated rings. The zero-order chi connectivity index (χ0) is 34.8. The van der Waals surface area contributed by atoms with E-state index in [-0.39, 0.29) is 25.5 Å². The predicted molar refractivity (Wildman–Crippen MR) is 208 cm³/mol. The van der Waals surface area contributed by atoms with E-state index >= 15 is 0 Å². The molecule has 6 aromatic rings. The molecule has 0 saturated heterocycles. The summed E-state index contributed by atoms with van der Waals surface area (Å²) in [6.45, 7) is 18.5. The maximum atomic E-state index is 6.26. The van der Waals surface area contributed by atoms with E-state index in [2.05, 4.69) is 120 Å². The summed E-state index contributed by atoms with van der Waals surface area (Å²) in [6.07, 6.45) is 11.5. The van der Waals surface area contributed by atoms with Crippen molar-refractivity contribution < 1.29 is 24.5 Å². The monoisotopic (exact) mass is 858 g/mol. The molecule has 1 saturated carbocycles. The van der Waals surface area contributed by atoms with Crippen LogP contribution < -0.4 is 5.19 Å². The molecule has 0 amide bonds. The summed E-state index contributed by atoms with van der Waals surface area (Å²) in [4.78, 5) is 14.2. The Morgan fingerprint density at radius 3 is 2.34 bits per heavy atom. The third-order valence-corrected chi connectivity index (χ3v) is 11.6. The summed E-state index contributed by atoms with van der Waals surface area (Å²) in [7, 11) is -1.37. The van der Waals surface area contributed by atoms with Crippen LogP contribution in [0.1, 0.15) is 83.0 Å². The SMILES string of the molecule is CC(C)(C)Cc1cc(-c2[c-]cccc2)ncc1[Si](C)(C)C.CC(C)c1ccnc(-c2[c-]ccc3c2oc2nc(CC4CCCC4)ccc23)c1.[Ir]. The van der Waals surface area contributed by atoms with E-state index in [4.69, 9.17) is 14.4 Å². The fourth-order valence-corrected chi connectivity index (χ4v) is 8.58. The molecule has 4 aromatic heterocycles. The maximum absolute atomic E-state index is 6.26. The first-order valence-electron chi connectivity index (χ1n) is 18.0. The molecule has 0 aliphatic heterocycles. The van der Waals surface area contributed by atoms with Gasteiger partial charge in [0.25, 0.3) is 0 Å². The minimum atomic E-state index is -1.37. The Morgan fingerprint density at radius 1 is 0.880 bits per heavy atom. The van der Waals surface area contributed by atoms with Crippen molar-refractivity contribution in [1.82, 2.24) is 15.0 Å². The molecule has 6 heteroatoms. The van der Waals surface area contributed by atoms with E-state index in [0.717, 1.165) is 69.0 Å². The van der Waals surface area contributed by atoms with Crippen molar-refractivity contribution in [2.24, 2.45) is 11.3 Å². The van der Waals surface area contributed by atoms with Gasteiger partial charge in [0.05, 0.1) is 13.7 Å². The molecule has 0 N–H and O–H groups in total. The average Bonchev–Trinajstić information content (AvgIpc) is 3.71. The summed E-state index contributed by atoms with van der Waals surface area (Å²) in [6, 6.07) is 29.6. The van der Waals surface area contributed by atoms with Crippen molar-refractivity contribution in [1.29, 1.82) is 0 Å². The van der Waals surface area contributed by atoms with Crippen LogP contribution in [0.15, 0.2) is 83.5 Å². The van der Waals surface area contributed by atoms with Gasteiger partial charge in [0.2, 0.25) is 5.71 Å². The Labute approximate surface area is 313 Å². The molecular weight excluding hydrogens is 807 g/mol. The summed E-state index contributed by atoms with van der Waals surface area (Å²) < 4.78 is 6.26. The van der Waals surface area contributed by atoms with Crippen molar-refractivity contribution in [2.45, 2.75) is 98.7 Å². The largest absolute Gasteiger partial charge is 0.486 e. The molecule has 1 radical (unpaired) electrons. The van der Waals surface area contributed by atoms with E-state index in [1.165, 1.54) is 42.0 Å². The van der Waals surface area contributed by atoms with Gasteiger partial charge in [-0.2, -0.15) is 0 Å². The molecule has 1 aliphatic carbocycles. The first-order valence-corrected chi connectivity index (χ1v) is 21.5. The fourth-order valence-electron chi connectivity index (χ4n) is 7.01. The molecule has 50 heavy (non-hydrogen) atoms. The van der Waals surface area contributed by atoms with Crippen molar-refractivity contribution in [3.05, 3.63) is 108 Å². The molecule has 0 bridgehead atoms. The number of aromatic nitrogens is 3. The van der Waals surface area contributed by atoms with Gasteiger partial charge in [-0.1, -0.05) is 114 Å². The topological polar surface area (TPSA) is 51.8 Å². The van der Waals surface area contributed by atoms with Crippen LogP contribution in [0.4, 0.5) is 0 Å². The van der Waals surface area contributed by atoms with E-state index < -0.39 is 8.07 Å². The number of nitrogens with zero attached hydrogens (tertiary/aromatic N) is 3. The molecule has 4 nitrogen and oxygen atoms in total. The van der Waals surface area contributed by atoms with Crippen LogP contribution in [0.3, 0.4) is 0 Å². The van der Waals surface area contributed by atoms with Gasteiger partial charge in [0.1, 0.15) is 0 Å². The molecule has 263 valence electrons. The van der Waals surface area contributed by atoms with Crippen LogP contribution >= 0.6 is 0 Å². The van der Waals surface area contributed by atoms with E-state index in [1.807, 2.05) is 30.5 Å². The fraction of sp³-hybridized carbons (Fsp3) is 0.386. The number of pyridine rings is 3. The Kier molecular flexibility index (Phi) is 12.0. The molecule has 0 unspecified atom stereocenters. The number of benzene rings is 2. The second-order valence-electron chi connectivity index (χ2n) is 16.3. The van der Waals surface area contributed by atoms with E-state index in [1.54, 1.807) is 0 Å². The van der Waals surface area contributed by atoms with Crippen LogP contribution in [-0.2, 0) is 32.9 Å². The van der Waals surface area contributed by atoms with Crippen LogP contribution in [0.2, 0.25) is 19.6 Å². The van der Waals surface area contributed by atoms with Gasteiger partial charge in [0.15, 0.2) is 0 Å². The number of hydrogen-bond acceptors (Lipinski definition) is 4. The first-order chi connectivity index (χ1) is 23.4. The number of hydrogen-bond donors (Lipinski definition) is 0. The van der Waals surface area contributed by atoms with Crippen molar-refractivity contribution in [3.63, 3.8) is 0 Å². The zero-order valence-corrected chi connectivity index (χ0v) is 34.4. The Balaban J connectivity index is 0.000000199. The smallest absolute Gasteiger partial charge is 0.216 e. The minimum absolute atomic E-state index is 0. The van der Waals surface area contributed by atoms with Crippen molar-refractivity contribution in [3.8, 4) is 22.5 Å². The van der Waals surface area contributed by atoms with Crippen LogP contribution in [0.5, 0.6) is 0 Å². The van der Waals surface area contributed by atoms with Crippen molar-refractivity contribution in [2.75, 3.05) is 0 Å². The Hall–Kier alpha value is -3.44. The number of rotatable bonds is 7. The third-order valence-electron chi connectivity index (χ3n) is 9.54. The standard InChI is InChI=1S/C25H25N2O.C19H26NSi.Ir/c1-16(2)18-12-13-26-23(15-18)22-9-5-8-20-21-11-10-19(14-17-6-3-4-7-17)27-25(21)28-24(20)22;1-19(2,3)13-16-12-17(15-10-8-7-9-11-15)20-14-18(16)21(4,5)6;/h5,8,10-13,15-17H,3-4,6-7,14H2,1-2H3;7-10,12,14H,13H2,1-6H3;/q2*-1;. The molecule has 4 heterocycles. The van der Waals surface area contributed by atoms with E-state index in [0.29, 0.717) is 5.92 Å². The van der Waals surface area contributed by atoms with Crippen LogP contribution in [-0.4, -0.2) is 23.0 Å². The second kappa shape index (κ2) is 15.8. The third kappa shape index (κ3) is 9.07. The summed E-state index contributed by atoms with van der Waals surface area (Å²) in [5.41, 5.74) is 9.65. The molecule has 7 rings (SSSR count). The maximum Gasteiger partial charge on any atom is 0.216 e. The summed E-state index contributed by atoms with van der Waals surface area (Å²) >= 11 is 0. The van der Waals surface area contributed by atoms with Gasteiger partial charge in [-0.3, -0.25) is 0 Å². The van der Waals surface area contributed by atoms with Gasteiger partial charge < -0.3 is 14.4 Å². The summed E-state index contributed by atoms with van der Waals surface area (Å²) in [5, 5.41) is 3.64. The molecule has 0 atom stereocenters. The van der Waals surface area contributed by atoms with Crippen molar-refractivity contribution >= 4 is 35.3 Å². The Morgan fingerprint density at radius 2 is 1.66 bits per heavy atom. The van der Waals surface area contributed by atoms with Gasteiger partial charge in [0, 0.05) is 43.6 Å².